The minimum Gasteiger partial charge on any atom is -0.314 e. The van der Waals surface area contributed by atoms with Crippen LogP contribution in [-0.2, 0) is 6.42 Å². The van der Waals surface area contributed by atoms with Crippen molar-refractivity contribution in [1.29, 1.82) is 0 Å². The summed E-state index contributed by atoms with van der Waals surface area (Å²) in [6.45, 7) is 7.88. The van der Waals surface area contributed by atoms with E-state index in [9.17, 15) is 0 Å². The lowest BCUT2D eigenvalue weighted by molar-refractivity contribution is 0.326. The van der Waals surface area contributed by atoms with E-state index < -0.39 is 0 Å². The summed E-state index contributed by atoms with van der Waals surface area (Å²) in [6, 6.07) is 11.6. The third kappa shape index (κ3) is 4.91. The summed E-state index contributed by atoms with van der Waals surface area (Å²) >= 11 is 0. The van der Waals surface area contributed by atoms with Gasteiger partial charge in [0.15, 0.2) is 0 Å². The van der Waals surface area contributed by atoms with E-state index in [1.165, 1.54) is 31.2 Å². The van der Waals surface area contributed by atoms with Gasteiger partial charge in [0.1, 0.15) is 0 Å². The highest BCUT2D eigenvalue weighted by Gasteiger charge is 2.18. The molecular formula is C16H27N. The van der Waals surface area contributed by atoms with Gasteiger partial charge in [-0.25, -0.2) is 0 Å². The predicted molar refractivity (Wildman–Crippen MR) is 76.3 cm³/mol. The van der Waals surface area contributed by atoms with Crippen molar-refractivity contribution in [1.82, 2.24) is 5.32 Å². The number of nitrogens with one attached hydrogen (secondary N) is 1. The molecule has 1 N–H and O–H groups in total. The van der Waals surface area contributed by atoms with E-state index in [1.807, 2.05) is 0 Å². The molecule has 96 valence electrons. The minimum absolute atomic E-state index is 0.676. The van der Waals surface area contributed by atoms with Crippen molar-refractivity contribution in [2.24, 2.45) is 5.92 Å². The first-order valence-corrected chi connectivity index (χ1v) is 7.09. The summed E-state index contributed by atoms with van der Waals surface area (Å²) in [5, 5.41) is 3.65. The van der Waals surface area contributed by atoms with Crippen LogP contribution in [0.15, 0.2) is 30.3 Å². The van der Waals surface area contributed by atoms with Gasteiger partial charge in [0.25, 0.3) is 0 Å². The highest BCUT2D eigenvalue weighted by Crippen LogP contribution is 2.19. The summed E-state index contributed by atoms with van der Waals surface area (Å²) in [5.74, 6) is 0.761. The van der Waals surface area contributed by atoms with E-state index in [0.29, 0.717) is 6.04 Å². The first-order chi connectivity index (χ1) is 8.31. The normalized spacial score (nSPS) is 14.5. The lowest BCUT2D eigenvalue weighted by atomic mass is 9.87. The highest BCUT2D eigenvalue weighted by atomic mass is 14.9. The molecule has 1 nitrogen and oxygen atoms in total. The number of hydrogen-bond acceptors (Lipinski definition) is 1. The molecule has 1 heteroatoms. The number of rotatable bonds is 8. The first kappa shape index (κ1) is 14.2. The van der Waals surface area contributed by atoms with Gasteiger partial charge in [-0.15, -0.1) is 0 Å². The Hall–Kier alpha value is -0.820. The van der Waals surface area contributed by atoms with Crippen LogP contribution in [0.25, 0.3) is 0 Å². The van der Waals surface area contributed by atoms with Crippen LogP contribution in [0.5, 0.6) is 0 Å². The molecule has 0 saturated heterocycles. The molecule has 2 unspecified atom stereocenters. The lowest BCUT2D eigenvalue weighted by Crippen LogP contribution is -2.36. The molecule has 0 aliphatic carbocycles. The quantitative estimate of drug-likeness (QED) is 0.714. The van der Waals surface area contributed by atoms with Gasteiger partial charge in [0, 0.05) is 6.04 Å². The molecular weight excluding hydrogens is 206 g/mol. The summed E-state index contributed by atoms with van der Waals surface area (Å²) in [6.07, 6.45) is 5.02. The molecule has 1 rings (SSSR count). The number of hydrogen-bond donors (Lipinski definition) is 1. The molecule has 0 aliphatic rings. The topological polar surface area (TPSA) is 12.0 Å². The van der Waals surface area contributed by atoms with Crippen molar-refractivity contribution in [2.75, 3.05) is 6.54 Å². The van der Waals surface area contributed by atoms with Crippen LogP contribution < -0.4 is 5.32 Å². The summed E-state index contributed by atoms with van der Waals surface area (Å²) in [4.78, 5) is 0. The fraction of sp³-hybridized carbons (Fsp3) is 0.625. The van der Waals surface area contributed by atoms with E-state index in [-0.39, 0.29) is 0 Å². The molecule has 0 amide bonds. The Morgan fingerprint density at radius 2 is 1.76 bits per heavy atom. The highest BCUT2D eigenvalue weighted by molar-refractivity contribution is 5.15. The molecule has 0 aromatic heterocycles. The van der Waals surface area contributed by atoms with Crippen LogP contribution in [0.4, 0.5) is 0 Å². The smallest absolute Gasteiger partial charge is 0.00981 e. The third-order valence-corrected chi connectivity index (χ3v) is 3.50. The van der Waals surface area contributed by atoms with Gasteiger partial charge in [-0.3, -0.25) is 0 Å². The molecule has 2 atom stereocenters. The molecule has 1 aromatic rings. The van der Waals surface area contributed by atoms with Gasteiger partial charge in [-0.1, -0.05) is 63.9 Å². The second-order valence-corrected chi connectivity index (χ2v) is 4.81. The van der Waals surface area contributed by atoms with E-state index in [1.54, 1.807) is 0 Å². The van der Waals surface area contributed by atoms with E-state index in [0.717, 1.165) is 12.5 Å². The van der Waals surface area contributed by atoms with Gasteiger partial charge < -0.3 is 5.32 Å². The molecule has 0 saturated carbocycles. The molecule has 0 radical (unpaired) electrons. The Morgan fingerprint density at radius 1 is 1.06 bits per heavy atom. The molecule has 1 aromatic carbocycles. The number of benzene rings is 1. The third-order valence-electron chi connectivity index (χ3n) is 3.50. The SMILES string of the molecule is CCCC(NCC)C(CC)Cc1ccccc1. The standard InChI is InChI=1S/C16H27N/c1-4-10-16(17-6-3)15(5-2)13-14-11-8-7-9-12-14/h7-9,11-12,15-17H,4-6,10,13H2,1-3H3. The molecule has 17 heavy (non-hydrogen) atoms. The molecule has 0 spiro atoms. The fourth-order valence-electron chi connectivity index (χ4n) is 2.57. The maximum Gasteiger partial charge on any atom is 0.00981 e. The van der Waals surface area contributed by atoms with Crippen molar-refractivity contribution in [3.8, 4) is 0 Å². The van der Waals surface area contributed by atoms with Crippen LogP contribution in [0.1, 0.15) is 45.6 Å². The van der Waals surface area contributed by atoms with Crippen molar-refractivity contribution < 1.29 is 0 Å². The Bertz CT molecular complexity index is 275. The average Bonchev–Trinajstić information content (AvgIpc) is 2.37. The van der Waals surface area contributed by atoms with Gasteiger partial charge in [-0.2, -0.15) is 0 Å². The molecule has 0 aliphatic heterocycles. The molecule has 0 heterocycles. The van der Waals surface area contributed by atoms with Crippen LogP contribution in [0.2, 0.25) is 0 Å². The molecule has 0 bridgehead atoms. The second kappa shape index (κ2) is 8.30. The predicted octanol–water partition coefficient (Wildman–Crippen LogP) is 4.03. The van der Waals surface area contributed by atoms with E-state index in [4.69, 9.17) is 0 Å². The van der Waals surface area contributed by atoms with Crippen molar-refractivity contribution in [3.63, 3.8) is 0 Å². The maximum absolute atomic E-state index is 3.65. The lowest BCUT2D eigenvalue weighted by Gasteiger charge is -2.27. The monoisotopic (exact) mass is 233 g/mol. The Kier molecular flexibility index (Phi) is 6.95. The van der Waals surface area contributed by atoms with Gasteiger partial charge >= 0.3 is 0 Å². The van der Waals surface area contributed by atoms with Gasteiger partial charge in [0.2, 0.25) is 0 Å². The van der Waals surface area contributed by atoms with Crippen molar-refractivity contribution in [2.45, 2.75) is 52.5 Å². The Morgan fingerprint density at radius 3 is 2.29 bits per heavy atom. The average molecular weight is 233 g/mol. The van der Waals surface area contributed by atoms with Crippen LogP contribution in [0.3, 0.4) is 0 Å². The van der Waals surface area contributed by atoms with Crippen molar-refractivity contribution in [3.05, 3.63) is 35.9 Å². The van der Waals surface area contributed by atoms with E-state index in [2.05, 4.69) is 56.4 Å². The minimum atomic E-state index is 0.676. The van der Waals surface area contributed by atoms with E-state index >= 15 is 0 Å². The first-order valence-electron chi connectivity index (χ1n) is 7.09. The van der Waals surface area contributed by atoms with Crippen LogP contribution >= 0.6 is 0 Å². The molecule has 0 fully saturated rings. The Labute approximate surface area is 107 Å². The summed E-state index contributed by atoms with van der Waals surface area (Å²) < 4.78 is 0. The zero-order chi connectivity index (χ0) is 12.5. The Balaban J connectivity index is 2.61. The van der Waals surface area contributed by atoms with Crippen LogP contribution in [0, 0.1) is 5.92 Å². The second-order valence-electron chi connectivity index (χ2n) is 4.81. The van der Waals surface area contributed by atoms with Crippen molar-refractivity contribution >= 4 is 0 Å². The van der Waals surface area contributed by atoms with Gasteiger partial charge in [0.05, 0.1) is 0 Å². The van der Waals surface area contributed by atoms with Crippen LogP contribution in [-0.4, -0.2) is 12.6 Å². The fourth-order valence-corrected chi connectivity index (χ4v) is 2.57. The largest absolute Gasteiger partial charge is 0.314 e. The zero-order valence-electron chi connectivity index (χ0n) is 11.6. The van der Waals surface area contributed by atoms with Gasteiger partial charge in [-0.05, 0) is 30.9 Å². The maximum atomic E-state index is 3.65. The zero-order valence-corrected chi connectivity index (χ0v) is 11.6. The summed E-state index contributed by atoms with van der Waals surface area (Å²) in [7, 11) is 0. The summed E-state index contributed by atoms with van der Waals surface area (Å²) in [5.41, 5.74) is 1.47.